The largest absolute Gasteiger partial charge is 0.495 e. The average Bonchev–Trinajstić information content (AvgIpc) is 3.16. The van der Waals surface area contributed by atoms with Crippen LogP contribution in [0.25, 0.3) is 0 Å². The van der Waals surface area contributed by atoms with Gasteiger partial charge in [-0.1, -0.05) is 54.1 Å². The number of imide groups is 1. The molecular formula is C28H27N3O5. The van der Waals surface area contributed by atoms with Gasteiger partial charge in [0.2, 0.25) is 11.8 Å². The summed E-state index contributed by atoms with van der Waals surface area (Å²) in [5.41, 5.74) is 5.65. The van der Waals surface area contributed by atoms with Crippen molar-refractivity contribution in [3.05, 3.63) is 95.1 Å². The molecule has 0 aliphatic carbocycles. The lowest BCUT2D eigenvalue weighted by atomic mass is 10.1. The van der Waals surface area contributed by atoms with Gasteiger partial charge in [-0.2, -0.15) is 0 Å². The summed E-state index contributed by atoms with van der Waals surface area (Å²) in [7, 11) is 1.45. The maximum atomic E-state index is 13.6. The summed E-state index contributed by atoms with van der Waals surface area (Å²) < 4.78 is 5.37. The van der Waals surface area contributed by atoms with Gasteiger partial charge in [0, 0.05) is 5.56 Å². The number of nitrogens with zero attached hydrogens (tertiary/aromatic N) is 2. The van der Waals surface area contributed by atoms with Gasteiger partial charge in [-0.3, -0.25) is 24.6 Å². The quantitative estimate of drug-likeness (QED) is 0.427. The number of anilines is 1. The Balaban J connectivity index is 1.67. The Morgan fingerprint density at radius 1 is 0.972 bits per heavy atom. The fourth-order valence-corrected chi connectivity index (χ4v) is 4.18. The van der Waals surface area contributed by atoms with Crippen LogP contribution in [0.3, 0.4) is 0 Å². The van der Waals surface area contributed by atoms with E-state index in [9.17, 15) is 19.2 Å². The Bertz CT molecular complexity index is 1320. The average molecular weight is 486 g/mol. The van der Waals surface area contributed by atoms with Gasteiger partial charge >= 0.3 is 0 Å². The van der Waals surface area contributed by atoms with Crippen molar-refractivity contribution >= 4 is 29.3 Å². The highest BCUT2D eigenvalue weighted by atomic mass is 16.5. The number of aryl methyl sites for hydroxylation is 2. The molecule has 3 aromatic carbocycles. The van der Waals surface area contributed by atoms with Gasteiger partial charge in [0.1, 0.15) is 11.8 Å². The molecule has 1 fully saturated rings. The van der Waals surface area contributed by atoms with Crippen molar-refractivity contribution in [2.24, 2.45) is 0 Å². The summed E-state index contributed by atoms with van der Waals surface area (Å²) in [4.78, 5) is 54.1. The van der Waals surface area contributed by atoms with Crippen molar-refractivity contribution in [2.45, 2.75) is 32.7 Å². The minimum Gasteiger partial charge on any atom is -0.495 e. The zero-order valence-corrected chi connectivity index (χ0v) is 20.4. The lowest BCUT2D eigenvalue weighted by Crippen LogP contribution is -2.55. The smallest absolute Gasteiger partial charge is 0.269 e. The molecule has 0 spiro atoms. The minimum absolute atomic E-state index is 0.0549. The van der Waals surface area contributed by atoms with E-state index in [4.69, 9.17) is 4.74 Å². The third kappa shape index (κ3) is 5.12. The Labute approximate surface area is 209 Å². The van der Waals surface area contributed by atoms with Gasteiger partial charge < -0.3 is 4.74 Å². The topological polar surface area (TPSA) is 96.0 Å². The number of carbonyl (C=O) groups is 4. The Morgan fingerprint density at radius 2 is 1.69 bits per heavy atom. The molecule has 3 aromatic rings. The van der Waals surface area contributed by atoms with Crippen LogP contribution >= 0.6 is 0 Å². The number of hydrogen-bond donors (Lipinski definition) is 1. The first kappa shape index (κ1) is 24.7. The third-order valence-electron chi connectivity index (χ3n) is 5.98. The highest BCUT2D eigenvalue weighted by molar-refractivity contribution is 6.23. The highest BCUT2D eigenvalue weighted by Crippen LogP contribution is 2.34. The molecule has 0 radical (unpaired) electrons. The summed E-state index contributed by atoms with van der Waals surface area (Å²) >= 11 is 0. The highest BCUT2D eigenvalue weighted by Gasteiger charge is 2.46. The van der Waals surface area contributed by atoms with Crippen molar-refractivity contribution in [3.63, 3.8) is 0 Å². The van der Waals surface area contributed by atoms with E-state index in [1.807, 2.05) is 32.0 Å². The number of carbonyl (C=O) groups excluding carboxylic acids is 4. The van der Waals surface area contributed by atoms with Crippen molar-refractivity contribution in [1.29, 1.82) is 0 Å². The predicted molar refractivity (Wildman–Crippen MR) is 134 cm³/mol. The van der Waals surface area contributed by atoms with Crippen molar-refractivity contribution in [1.82, 2.24) is 10.4 Å². The summed E-state index contributed by atoms with van der Waals surface area (Å²) in [5, 5.41) is 1.00. The summed E-state index contributed by atoms with van der Waals surface area (Å²) in [6.45, 7) is 3.69. The molecule has 8 heteroatoms. The number of nitrogens with one attached hydrogen (secondary N) is 1. The second-order valence-corrected chi connectivity index (χ2v) is 8.70. The van der Waals surface area contributed by atoms with Crippen LogP contribution in [0.5, 0.6) is 5.75 Å². The number of hydrogen-bond acceptors (Lipinski definition) is 5. The molecular weight excluding hydrogens is 458 g/mol. The Morgan fingerprint density at radius 3 is 2.39 bits per heavy atom. The molecule has 8 nitrogen and oxygen atoms in total. The molecule has 1 N–H and O–H groups in total. The first-order valence-electron chi connectivity index (χ1n) is 11.5. The number of hydrazine groups is 1. The number of benzene rings is 3. The van der Waals surface area contributed by atoms with E-state index in [2.05, 4.69) is 5.43 Å². The van der Waals surface area contributed by atoms with Gasteiger partial charge in [-0.05, 0) is 49.2 Å². The SMILES string of the molecule is COc1ccc(C)cc1N1C(=O)CC(N(NC(=O)c2cccc(C)c2)C(=O)Cc2ccccc2)C1=O. The van der Waals surface area contributed by atoms with E-state index in [1.54, 1.807) is 54.6 Å². The molecule has 4 rings (SSSR count). The molecule has 1 aliphatic rings. The normalized spacial score (nSPS) is 15.1. The lowest BCUT2D eigenvalue weighted by molar-refractivity contribution is -0.140. The molecule has 1 unspecified atom stereocenters. The van der Waals surface area contributed by atoms with Gasteiger partial charge in [0.25, 0.3) is 11.8 Å². The summed E-state index contributed by atoms with van der Waals surface area (Å²) in [5.74, 6) is -1.81. The van der Waals surface area contributed by atoms with Crippen LogP contribution in [0.4, 0.5) is 5.69 Å². The molecule has 0 bridgehead atoms. The van der Waals surface area contributed by atoms with E-state index in [0.717, 1.165) is 21.0 Å². The van der Waals surface area contributed by atoms with Crippen LogP contribution < -0.4 is 15.1 Å². The molecule has 1 aliphatic heterocycles. The molecule has 4 amide bonds. The standard InChI is InChI=1S/C28H27N3O5/c1-18-8-7-11-21(14-18)27(34)29-31(26(33)16-20-9-5-4-6-10-20)23-17-25(32)30(28(23)35)22-15-19(2)12-13-24(22)36-3/h4-15,23H,16-17H2,1-3H3,(H,29,34). The van der Waals surface area contributed by atoms with Crippen molar-refractivity contribution in [3.8, 4) is 5.75 Å². The number of ether oxygens (including phenoxy) is 1. The van der Waals surface area contributed by atoms with E-state index >= 15 is 0 Å². The number of rotatable bonds is 6. The predicted octanol–water partition coefficient (Wildman–Crippen LogP) is 3.36. The van der Waals surface area contributed by atoms with Crippen LogP contribution in [-0.4, -0.2) is 41.8 Å². The van der Waals surface area contributed by atoms with Crippen LogP contribution in [0.15, 0.2) is 72.8 Å². The van der Waals surface area contributed by atoms with Crippen molar-refractivity contribution < 1.29 is 23.9 Å². The molecule has 1 atom stereocenters. The second kappa shape index (κ2) is 10.4. The molecule has 1 saturated heterocycles. The first-order valence-corrected chi connectivity index (χ1v) is 11.5. The first-order chi connectivity index (χ1) is 17.3. The van der Waals surface area contributed by atoms with E-state index in [-0.39, 0.29) is 12.8 Å². The van der Waals surface area contributed by atoms with Crippen LogP contribution in [0, 0.1) is 13.8 Å². The Kier molecular flexibility index (Phi) is 7.15. The zero-order chi connectivity index (χ0) is 25.8. The van der Waals surface area contributed by atoms with Gasteiger partial charge in [0.15, 0.2) is 0 Å². The third-order valence-corrected chi connectivity index (χ3v) is 5.98. The van der Waals surface area contributed by atoms with Crippen LogP contribution in [0.2, 0.25) is 0 Å². The molecule has 0 saturated carbocycles. The zero-order valence-electron chi connectivity index (χ0n) is 20.4. The van der Waals surface area contributed by atoms with Crippen LogP contribution in [0.1, 0.15) is 33.5 Å². The summed E-state index contributed by atoms with van der Waals surface area (Å²) in [6, 6.07) is 19.8. The number of methoxy groups -OCH3 is 1. The van der Waals surface area contributed by atoms with E-state index < -0.39 is 29.7 Å². The fourth-order valence-electron chi connectivity index (χ4n) is 4.18. The molecule has 0 aromatic heterocycles. The van der Waals surface area contributed by atoms with Gasteiger partial charge in [0.05, 0.1) is 25.6 Å². The van der Waals surface area contributed by atoms with Crippen LogP contribution in [-0.2, 0) is 20.8 Å². The maximum Gasteiger partial charge on any atom is 0.269 e. The summed E-state index contributed by atoms with van der Waals surface area (Å²) in [6.07, 6.45) is -0.328. The molecule has 184 valence electrons. The van der Waals surface area contributed by atoms with E-state index in [0.29, 0.717) is 22.6 Å². The fraction of sp³-hybridized carbons (Fsp3) is 0.214. The molecule has 36 heavy (non-hydrogen) atoms. The van der Waals surface area contributed by atoms with Gasteiger partial charge in [-0.25, -0.2) is 9.91 Å². The molecule has 1 heterocycles. The monoisotopic (exact) mass is 485 g/mol. The minimum atomic E-state index is -1.20. The lowest BCUT2D eigenvalue weighted by Gasteiger charge is -2.28. The van der Waals surface area contributed by atoms with Gasteiger partial charge in [-0.15, -0.1) is 0 Å². The number of amides is 4. The Hall–Kier alpha value is -4.46. The van der Waals surface area contributed by atoms with E-state index in [1.165, 1.54) is 7.11 Å². The second-order valence-electron chi connectivity index (χ2n) is 8.70. The maximum absolute atomic E-state index is 13.6. The van der Waals surface area contributed by atoms with Crippen molar-refractivity contribution in [2.75, 3.05) is 12.0 Å².